The molecule has 0 saturated heterocycles. The molecule has 0 spiro atoms. The summed E-state index contributed by atoms with van der Waals surface area (Å²) >= 11 is 0. The summed E-state index contributed by atoms with van der Waals surface area (Å²) in [4.78, 5) is 4.38. The van der Waals surface area contributed by atoms with Crippen LogP contribution in [-0.4, -0.2) is 14.8 Å². The van der Waals surface area contributed by atoms with Gasteiger partial charge in [0.05, 0.1) is 17.8 Å². The van der Waals surface area contributed by atoms with Crippen molar-refractivity contribution in [2.45, 2.75) is 12.5 Å². The van der Waals surface area contributed by atoms with Gasteiger partial charge in [-0.1, -0.05) is 18.2 Å². The predicted octanol–water partition coefficient (Wildman–Crippen LogP) is 1.72. The molecule has 0 amide bonds. The number of hydrogen-bond acceptors (Lipinski definition) is 4. The average Bonchev–Trinajstić information content (AvgIpc) is 2.89. The zero-order chi connectivity index (χ0) is 13.9. The molecule has 0 aliphatic heterocycles. The molecule has 0 aliphatic rings. The van der Waals surface area contributed by atoms with Crippen LogP contribution in [0.25, 0.3) is 10.9 Å². The van der Waals surface area contributed by atoms with Crippen LogP contribution in [0, 0.1) is 0 Å². The molecule has 0 bridgehead atoms. The van der Waals surface area contributed by atoms with Crippen LogP contribution < -0.4 is 11.3 Å². The highest BCUT2D eigenvalue weighted by molar-refractivity contribution is 5.82. The van der Waals surface area contributed by atoms with Gasteiger partial charge in [-0.3, -0.25) is 20.9 Å². The van der Waals surface area contributed by atoms with E-state index >= 15 is 0 Å². The quantitative estimate of drug-likeness (QED) is 0.558. The number of nitrogens with one attached hydrogen (secondary N) is 1. The molecular weight excluding hydrogens is 250 g/mol. The molecule has 20 heavy (non-hydrogen) atoms. The molecule has 0 saturated carbocycles. The van der Waals surface area contributed by atoms with E-state index in [2.05, 4.69) is 21.6 Å². The first-order valence-corrected chi connectivity index (χ1v) is 6.55. The zero-order valence-electron chi connectivity index (χ0n) is 11.3. The number of nitrogens with two attached hydrogens (primary N) is 1. The second-order valence-electron chi connectivity index (χ2n) is 4.86. The van der Waals surface area contributed by atoms with Gasteiger partial charge in [-0.05, 0) is 29.7 Å². The van der Waals surface area contributed by atoms with Gasteiger partial charge >= 0.3 is 0 Å². The van der Waals surface area contributed by atoms with E-state index in [1.54, 1.807) is 4.68 Å². The van der Waals surface area contributed by atoms with Gasteiger partial charge in [0.25, 0.3) is 0 Å². The van der Waals surface area contributed by atoms with Crippen LogP contribution in [0.2, 0.25) is 0 Å². The summed E-state index contributed by atoms with van der Waals surface area (Å²) in [6, 6.07) is 10.1. The Labute approximate surface area is 117 Å². The van der Waals surface area contributed by atoms with Gasteiger partial charge in [-0.25, -0.2) is 0 Å². The molecule has 1 atom stereocenters. The maximum Gasteiger partial charge on any atom is 0.0705 e. The van der Waals surface area contributed by atoms with E-state index in [1.807, 2.05) is 49.9 Å². The highest BCUT2D eigenvalue weighted by Crippen LogP contribution is 2.24. The van der Waals surface area contributed by atoms with Gasteiger partial charge in [0, 0.05) is 24.8 Å². The molecule has 2 aromatic heterocycles. The van der Waals surface area contributed by atoms with Crippen LogP contribution in [0.1, 0.15) is 17.2 Å². The Bertz CT molecular complexity index is 714. The van der Waals surface area contributed by atoms with Gasteiger partial charge in [0.1, 0.15) is 0 Å². The third-order valence-electron chi connectivity index (χ3n) is 3.46. The Kier molecular flexibility index (Phi) is 3.45. The zero-order valence-corrected chi connectivity index (χ0v) is 11.3. The molecule has 3 N–H and O–H groups in total. The molecule has 5 heteroatoms. The van der Waals surface area contributed by atoms with Crippen molar-refractivity contribution in [3.05, 3.63) is 60.0 Å². The van der Waals surface area contributed by atoms with Crippen molar-refractivity contribution in [2.24, 2.45) is 12.9 Å². The number of aryl methyl sites for hydroxylation is 1. The first-order valence-electron chi connectivity index (χ1n) is 6.55. The number of hydrogen-bond donors (Lipinski definition) is 2. The number of para-hydroxylation sites is 1. The fourth-order valence-electron chi connectivity index (χ4n) is 2.49. The molecule has 1 unspecified atom stereocenters. The SMILES string of the molecule is Cn1cc(CC(NN)c2ccnc3ccccc23)cn1. The summed E-state index contributed by atoms with van der Waals surface area (Å²) in [5, 5.41) is 5.32. The van der Waals surface area contributed by atoms with Crippen molar-refractivity contribution in [1.29, 1.82) is 0 Å². The molecule has 0 aliphatic carbocycles. The third kappa shape index (κ3) is 2.41. The first kappa shape index (κ1) is 12.8. The van der Waals surface area contributed by atoms with Gasteiger partial charge < -0.3 is 0 Å². The Morgan fingerprint density at radius 3 is 2.90 bits per heavy atom. The third-order valence-corrected chi connectivity index (χ3v) is 3.46. The van der Waals surface area contributed by atoms with Crippen molar-refractivity contribution in [3.63, 3.8) is 0 Å². The minimum atomic E-state index is 0.0344. The summed E-state index contributed by atoms with van der Waals surface area (Å²) in [6.07, 6.45) is 6.49. The normalized spacial score (nSPS) is 12.7. The number of benzene rings is 1. The van der Waals surface area contributed by atoms with Crippen LogP contribution in [0.3, 0.4) is 0 Å². The summed E-state index contributed by atoms with van der Waals surface area (Å²) in [5.74, 6) is 5.75. The van der Waals surface area contributed by atoms with E-state index < -0.39 is 0 Å². The number of nitrogens with zero attached hydrogens (tertiary/aromatic N) is 3. The minimum Gasteiger partial charge on any atom is -0.276 e. The fourth-order valence-corrected chi connectivity index (χ4v) is 2.49. The Morgan fingerprint density at radius 2 is 2.15 bits per heavy atom. The monoisotopic (exact) mass is 267 g/mol. The lowest BCUT2D eigenvalue weighted by atomic mass is 9.98. The molecule has 3 aromatic rings. The lowest BCUT2D eigenvalue weighted by molar-refractivity contribution is 0.555. The van der Waals surface area contributed by atoms with Crippen LogP contribution in [0.4, 0.5) is 0 Å². The second-order valence-corrected chi connectivity index (χ2v) is 4.86. The van der Waals surface area contributed by atoms with Gasteiger partial charge in [0.2, 0.25) is 0 Å². The first-order chi connectivity index (χ1) is 9.78. The topological polar surface area (TPSA) is 68.8 Å². The van der Waals surface area contributed by atoms with E-state index in [-0.39, 0.29) is 6.04 Å². The van der Waals surface area contributed by atoms with Crippen molar-refractivity contribution < 1.29 is 0 Å². The van der Waals surface area contributed by atoms with Crippen LogP contribution in [0.15, 0.2) is 48.9 Å². The van der Waals surface area contributed by atoms with Crippen LogP contribution >= 0.6 is 0 Å². The van der Waals surface area contributed by atoms with E-state index in [1.165, 1.54) is 0 Å². The maximum atomic E-state index is 5.75. The van der Waals surface area contributed by atoms with E-state index in [9.17, 15) is 0 Å². The van der Waals surface area contributed by atoms with Crippen molar-refractivity contribution in [2.75, 3.05) is 0 Å². The van der Waals surface area contributed by atoms with Gasteiger partial charge in [-0.2, -0.15) is 5.10 Å². The highest BCUT2D eigenvalue weighted by Gasteiger charge is 2.14. The number of rotatable bonds is 4. The maximum absolute atomic E-state index is 5.75. The van der Waals surface area contributed by atoms with Crippen LogP contribution in [0.5, 0.6) is 0 Å². The lowest BCUT2D eigenvalue weighted by Gasteiger charge is -2.17. The highest BCUT2D eigenvalue weighted by atomic mass is 15.2. The van der Waals surface area contributed by atoms with Gasteiger partial charge in [-0.15, -0.1) is 0 Å². The average molecular weight is 267 g/mol. The number of pyridine rings is 1. The molecule has 0 radical (unpaired) electrons. The van der Waals surface area contributed by atoms with E-state index in [0.29, 0.717) is 0 Å². The van der Waals surface area contributed by atoms with Crippen molar-refractivity contribution in [3.8, 4) is 0 Å². The number of aromatic nitrogens is 3. The number of fused-ring (bicyclic) bond motifs is 1. The summed E-state index contributed by atoms with van der Waals surface area (Å²) in [6.45, 7) is 0. The molecule has 0 fully saturated rings. The predicted molar refractivity (Wildman–Crippen MR) is 78.7 cm³/mol. The van der Waals surface area contributed by atoms with Crippen LogP contribution in [-0.2, 0) is 13.5 Å². The van der Waals surface area contributed by atoms with E-state index in [0.717, 1.165) is 28.5 Å². The summed E-state index contributed by atoms with van der Waals surface area (Å²) in [7, 11) is 1.91. The van der Waals surface area contributed by atoms with Gasteiger partial charge in [0.15, 0.2) is 0 Å². The molecular formula is C15H17N5. The Balaban J connectivity index is 1.98. The Morgan fingerprint density at radius 1 is 1.30 bits per heavy atom. The van der Waals surface area contributed by atoms with Crippen molar-refractivity contribution >= 4 is 10.9 Å². The molecule has 2 heterocycles. The largest absolute Gasteiger partial charge is 0.276 e. The number of hydrazine groups is 1. The smallest absolute Gasteiger partial charge is 0.0705 e. The molecule has 1 aromatic carbocycles. The minimum absolute atomic E-state index is 0.0344. The summed E-state index contributed by atoms with van der Waals surface area (Å²) in [5.41, 5.74) is 6.19. The second kappa shape index (κ2) is 5.40. The Hall–Kier alpha value is -2.24. The standard InChI is InChI=1S/C15H17N5/c1-20-10-11(9-18-20)8-15(19-16)13-6-7-17-14-5-3-2-4-12(13)14/h2-7,9-10,15,19H,8,16H2,1H3. The molecule has 5 nitrogen and oxygen atoms in total. The molecule has 3 rings (SSSR count). The molecule has 102 valence electrons. The lowest BCUT2D eigenvalue weighted by Crippen LogP contribution is -2.29. The van der Waals surface area contributed by atoms with E-state index in [4.69, 9.17) is 5.84 Å². The van der Waals surface area contributed by atoms with Crippen molar-refractivity contribution in [1.82, 2.24) is 20.2 Å². The fraction of sp³-hybridized carbons (Fsp3) is 0.200. The summed E-state index contributed by atoms with van der Waals surface area (Å²) < 4.78 is 1.80.